The standard InChI is InChI=1S/C13H10F2N2S/c1-2-8-12(17)11(6-16)18-13(8)9-5-7(14)3-4-10(9)15/h3-5H,2,17H2,1H3. The highest BCUT2D eigenvalue weighted by molar-refractivity contribution is 7.16. The Kier molecular flexibility index (Phi) is 3.30. The van der Waals surface area contributed by atoms with Crippen molar-refractivity contribution in [3.63, 3.8) is 0 Å². The molecule has 0 amide bonds. The highest BCUT2D eigenvalue weighted by atomic mass is 32.1. The molecule has 0 fully saturated rings. The van der Waals surface area contributed by atoms with Crippen molar-refractivity contribution in [3.05, 3.63) is 40.3 Å². The molecule has 1 aromatic carbocycles. The molecule has 0 aliphatic heterocycles. The van der Waals surface area contributed by atoms with Crippen molar-refractivity contribution >= 4 is 17.0 Å². The third-order valence-corrected chi connectivity index (χ3v) is 3.86. The average Bonchev–Trinajstić information content (AvgIpc) is 2.68. The SMILES string of the molecule is CCc1c(-c2cc(F)ccc2F)sc(C#N)c1N. The van der Waals surface area contributed by atoms with E-state index in [9.17, 15) is 8.78 Å². The number of anilines is 1. The predicted molar refractivity (Wildman–Crippen MR) is 68.2 cm³/mol. The molecule has 0 bridgehead atoms. The van der Waals surface area contributed by atoms with Gasteiger partial charge in [-0.3, -0.25) is 0 Å². The number of nitriles is 1. The van der Waals surface area contributed by atoms with Crippen LogP contribution in [-0.2, 0) is 6.42 Å². The molecular formula is C13H10F2N2S. The number of rotatable bonds is 2. The van der Waals surface area contributed by atoms with Crippen molar-refractivity contribution in [1.29, 1.82) is 5.26 Å². The molecule has 5 heteroatoms. The molecular weight excluding hydrogens is 254 g/mol. The van der Waals surface area contributed by atoms with Crippen LogP contribution in [0.3, 0.4) is 0 Å². The van der Waals surface area contributed by atoms with Gasteiger partial charge in [0.1, 0.15) is 22.6 Å². The highest BCUT2D eigenvalue weighted by Gasteiger charge is 2.18. The molecule has 0 aliphatic rings. The summed E-state index contributed by atoms with van der Waals surface area (Å²) < 4.78 is 26.9. The summed E-state index contributed by atoms with van der Waals surface area (Å²) in [6.07, 6.45) is 0.565. The van der Waals surface area contributed by atoms with Crippen molar-refractivity contribution in [1.82, 2.24) is 0 Å². The number of thiophene rings is 1. The maximum Gasteiger partial charge on any atom is 0.132 e. The van der Waals surface area contributed by atoms with Gasteiger partial charge in [0, 0.05) is 10.4 Å². The first-order valence-corrected chi connectivity index (χ1v) is 6.16. The number of nitrogens with two attached hydrogens (primary N) is 1. The van der Waals surface area contributed by atoms with Crippen LogP contribution in [0, 0.1) is 23.0 Å². The van der Waals surface area contributed by atoms with E-state index in [0.29, 0.717) is 27.4 Å². The molecule has 2 N–H and O–H groups in total. The summed E-state index contributed by atoms with van der Waals surface area (Å²) in [6.45, 7) is 1.86. The van der Waals surface area contributed by atoms with Crippen LogP contribution in [0.2, 0.25) is 0 Å². The Labute approximate surface area is 107 Å². The van der Waals surface area contributed by atoms with Gasteiger partial charge >= 0.3 is 0 Å². The van der Waals surface area contributed by atoms with Crippen molar-refractivity contribution in [3.8, 4) is 16.5 Å². The summed E-state index contributed by atoms with van der Waals surface area (Å²) in [6, 6.07) is 5.24. The highest BCUT2D eigenvalue weighted by Crippen LogP contribution is 2.39. The second kappa shape index (κ2) is 4.75. The quantitative estimate of drug-likeness (QED) is 0.898. The second-order valence-electron chi connectivity index (χ2n) is 3.74. The predicted octanol–water partition coefficient (Wildman–Crippen LogP) is 3.71. The van der Waals surface area contributed by atoms with E-state index < -0.39 is 11.6 Å². The molecule has 0 unspecified atom stereocenters. The maximum atomic E-state index is 13.7. The van der Waals surface area contributed by atoms with E-state index in [-0.39, 0.29) is 5.56 Å². The minimum atomic E-state index is -0.517. The van der Waals surface area contributed by atoms with Gasteiger partial charge < -0.3 is 5.73 Å². The van der Waals surface area contributed by atoms with Crippen LogP contribution in [0.15, 0.2) is 18.2 Å². The molecule has 0 radical (unpaired) electrons. The zero-order chi connectivity index (χ0) is 13.3. The van der Waals surface area contributed by atoms with Gasteiger partial charge in [0.15, 0.2) is 0 Å². The number of hydrogen-bond acceptors (Lipinski definition) is 3. The molecule has 0 aliphatic carbocycles. The van der Waals surface area contributed by atoms with Gasteiger partial charge in [0.25, 0.3) is 0 Å². The van der Waals surface area contributed by atoms with Crippen LogP contribution in [0.4, 0.5) is 14.5 Å². The number of halogens is 2. The second-order valence-corrected chi connectivity index (χ2v) is 4.76. The minimum Gasteiger partial charge on any atom is -0.397 e. The monoisotopic (exact) mass is 264 g/mol. The van der Waals surface area contributed by atoms with Crippen LogP contribution < -0.4 is 5.73 Å². The Morgan fingerprint density at radius 2 is 2.11 bits per heavy atom. The Hall–Kier alpha value is -1.93. The first-order chi connectivity index (χ1) is 8.58. The van der Waals surface area contributed by atoms with Gasteiger partial charge in [-0.15, -0.1) is 11.3 Å². The zero-order valence-corrected chi connectivity index (χ0v) is 10.4. The van der Waals surface area contributed by atoms with E-state index in [0.717, 1.165) is 29.5 Å². The van der Waals surface area contributed by atoms with Crippen molar-refractivity contribution in [2.75, 3.05) is 5.73 Å². The third kappa shape index (κ3) is 1.95. The lowest BCUT2D eigenvalue weighted by Gasteiger charge is -2.04. The van der Waals surface area contributed by atoms with E-state index in [1.165, 1.54) is 0 Å². The van der Waals surface area contributed by atoms with Gasteiger partial charge in [0.2, 0.25) is 0 Å². The summed E-state index contributed by atoms with van der Waals surface area (Å²) >= 11 is 1.09. The lowest BCUT2D eigenvalue weighted by Crippen LogP contribution is -1.93. The molecule has 2 rings (SSSR count). The molecule has 2 aromatic rings. The lowest BCUT2D eigenvalue weighted by atomic mass is 10.1. The van der Waals surface area contributed by atoms with Gasteiger partial charge in [-0.2, -0.15) is 5.26 Å². The number of hydrogen-bond donors (Lipinski definition) is 1. The van der Waals surface area contributed by atoms with E-state index in [2.05, 4.69) is 0 Å². The van der Waals surface area contributed by atoms with E-state index in [4.69, 9.17) is 11.0 Å². The summed E-state index contributed by atoms with van der Waals surface area (Å²) in [5.74, 6) is -1.03. The van der Waals surface area contributed by atoms with Gasteiger partial charge in [-0.1, -0.05) is 6.92 Å². The molecule has 92 valence electrons. The van der Waals surface area contributed by atoms with Crippen LogP contribution in [0.5, 0.6) is 0 Å². The van der Waals surface area contributed by atoms with Crippen LogP contribution in [-0.4, -0.2) is 0 Å². The third-order valence-electron chi connectivity index (χ3n) is 2.68. The number of nitrogen functional groups attached to an aromatic ring is 1. The normalized spacial score (nSPS) is 10.3. The fourth-order valence-electron chi connectivity index (χ4n) is 1.80. The molecule has 2 nitrogen and oxygen atoms in total. The van der Waals surface area contributed by atoms with E-state index in [1.807, 2.05) is 13.0 Å². The van der Waals surface area contributed by atoms with E-state index >= 15 is 0 Å². The smallest absolute Gasteiger partial charge is 0.132 e. The Bertz CT molecular complexity index is 641. The molecule has 0 saturated carbocycles. The number of benzene rings is 1. The van der Waals surface area contributed by atoms with Crippen LogP contribution >= 0.6 is 11.3 Å². The zero-order valence-electron chi connectivity index (χ0n) is 9.63. The van der Waals surface area contributed by atoms with Gasteiger partial charge in [-0.25, -0.2) is 8.78 Å². The molecule has 0 atom stereocenters. The summed E-state index contributed by atoms with van der Waals surface area (Å²) in [5.41, 5.74) is 7.04. The summed E-state index contributed by atoms with van der Waals surface area (Å²) in [5, 5.41) is 8.94. The van der Waals surface area contributed by atoms with Crippen LogP contribution in [0.1, 0.15) is 17.4 Å². The van der Waals surface area contributed by atoms with Crippen LogP contribution in [0.25, 0.3) is 10.4 Å². The van der Waals surface area contributed by atoms with Crippen molar-refractivity contribution in [2.24, 2.45) is 0 Å². The Balaban J connectivity index is 2.71. The maximum absolute atomic E-state index is 13.7. The fraction of sp³-hybridized carbons (Fsp3) is 0.154. The largest absolute Gasteiger partial charge is 0.397 e. The Morgan fingerprint density at radius 1 is 1.39 bits per heavy atom. The molecule has 1 aromatic heterocycles. The fourth-order valence-corrected chi connectivity index (χ4v) is 2.93. The molecule has 18 heavy (non-hydrogen) atoms. The number of nitrogens with zero attached hydrogens (tertiary/aromatic N) is 1. The van der Waals surface area contributed by atoms with Crippen molar-refractivity contribution < 1.29 is 8.78 Å². The average molecular weight is 264 g/mol. The summed E-state index contributed by atoms with van der Waals surface area (Å²) in [7, 11) is 0. The Morgan fingerprint density at radius 3 is 2.72 bits per heavy atom. The first kappa shape index (κ1) is 12.5. The van der Waals surface area contributed by atoms with Gasteiger partial charge in [-0.05, 0) is 30.2 Å². The van der Waals surface area contributed by atoms with Crippen molar-refractivity contribution in [2.45, 2.75) is 13.3 Å². The molecule has 0 saturated heterocycles. The topological polar surface area (TPSA) is 49.8 Å². The van der Waals surface area contributed by atoms with E-state index in [1.54, 1.807) is 0 Å². The lowest BCUT2D eigenvalue weighted by molar-refractivity contribution is 0.603. The minimum absolute atomic E-state index is 0.157. The molecule has 0 spiro atoms. The molecule has 1 heterocycles. The first-order valence-electron chi connectivity index (χ1n) is 5.35. The summed E-state index contributed by atoms with van der Waals surface area (Å²) in [4.78, 5) is 0.870. The van der Waals surface area contributed by atoms with Gasteiger partial charge in [0.05, 0.1) is 5.69 Å².